The Morgan fingerprint density at radius 3 is 2.80 bits per heavy atom. The van der Waals surface area contributed by atoms with Crippen molar-refractivity contribution in [3.05, 3.63) is 39.7 Å². The van der Waals surface area contributed by atoms with E-state index in [1.807, 2.05) is 19.9 Å². The van der Waals surface area contributed by atoms with E-state index in [0.717, 1.165) is 22.9 Å². The molecule has 0 spiro atoms. The maximum Gasteiger partial charge on any atom is 0.251 e. The third-order valence-corrected chi connectivity index (χ3v) is 2.74. The van der Waals surface area contributed by atoms with E-state index < -0.39 is 0 Å². The van der Waals surface area contributed by atoms with Crippen LogP contribution in [0.2, 0.25) is 0 Å². The van der Waals surface area contributed by atoms with Crippen LogP contribution >= 0.6 is 0 Å². The molecule has 3 heteroatoms. The van der Waals surface area contributed by atoms with Crippen molar-refractivity contribution in [3.63, 3.8) is 0 Å². The van der Waals surface area contributed by atoms with Crippen LogP contribution in [0.5, 0.6) is 5.75 Å². The first-order valence-corrected chi connectivity index (χ1v) is 4.98. The molecule has 15 heavy (non-hydrogen) atoms. The normalized spacial score (nSPS) is 10.8. The lowest BCUT2D eigenvalue weighted by Gasteiger charge is -2.06. The van der Waals surface area contributed by atoms with E-state index in [1.54, 1.807) is 12.1 Å². The molecule has 0 amide bonds. The highest BCUT2D eigenvalue weighted by Gasteiger charge is 2.07. The largest absolute Gasteiger partial charge is 0.508 e. The number of fused-ring (bicyclic) bond motifs is 1. The molecule has 2 rings (SSSR count). The lowest BCUT2D eigenvalue weighted by atomic mass is 10.0. The molecule has 0 fully saturated rings. The van der Waals surface area contributed by atoms with Crippen LogP contribution in [-0.4, -0.2) is 10.1 Å². The number of H-pyrrole nitrogens is 1. The molecule has 1 aromatic heterocycles. The topological polar surface area (TPSA) is 53.1 Å². The highest BCUT2D eigenvalue weighted by atomic mass is 16.3. The van der Waals surface area contributed by atoms with Crippen molar-refractivity contribution in [1.82, 2.24) is 4.98 Å². The second kappa shape index (κ2) is 3.42. The average Bonchev–Trinajstić information content (AvgIpc) is 2.17. The van der Waals surface area contributed by atoms with E-state index in [0.29, 0.717) is 5.52 Å². The third kappa shape index (κ3) is 1.50. The molecule has 0 aliphatic rings. The summed E-state index contributed by atoms with van der Waals surface area (Å²) in [6, 6.07) is 5.03. The Labute approximate surface area is 87.4 Å². The Morgan fingerprint density at radius 1 is 1.40 bits per heavy atom. The SMILES string of the molecule is CCc1c(C)c2ccc(O)cc2[nH]c1=O. The maximum atomic E-state index is 11.7. The van der Waals surface area contributed by atoms with E-state index >= 15 is 0 Å². The molecule has 1 heterocycles. The summed E-state index contributed by atoms with van der Waals surface area (Å²) in [6.45, 7) is 3.90. The monoisotopic (exact) mass is 203 g/mol. The van der Waals surface area contributed by atoms with Gasteiger partial charge >= 0.3 is 0 Å². The quantitative estimate of drug-likeness (QED) is 0.745. The van der Waals surface area contributed by atoms with Gasteiger partial charge in [-0.3, -0.25) is 4.79 Å². The van der Waals surface area contributed by atoms with Gasteiger partial charge in [-0.15, -0.1) is 0 Å². The predicted molar refractivity (Wildman–Crippen MR) is 60.3 cm³/mol. The third-order valence-electron chi connectivity index (χ3n) is 2.74. The molecule has 0 aliphatic carbocycles. The number of rotatable bonds is 1. The molecular formula is C12H13NO2. The first kappa shape index (κ1) is 9.77. The van der Waals surface area contributed by atoms with Crippen molar-refractivity contribution >= 4 is 10.9 Å². The predicted octanol–water partition coefficient (Wildman–Crippen LogP) is 2.10. The van der Waals surface area contributed by atoms with Gasteiger partial charge in [-0.25, -0.2) is 0 Å². The summed E-state index contributed by atoms with van der Waals surface area (Å²) in [7, 11) is 0. The number of hydrogen-bond donors (Lipinski definition) is 2. The van der Waals surface area contributed by atoms with Crippen LogP contribution < -0.4 is 5.56 Å². The van der Waals surface area contributed by atoms with Crippen molar-refractivity contribution in [2.45, 2.75) is 20.3 Å². The van der Waals surface area contributed by atoms with Gasteiger partial charge in [-0.2, -0.15) is 0 Å². The summed E-state index contributed by atoms with van der Waals surface area (Å²) >= 11 is 0. The minimum atomic E-state index is -0.0619. The number of aryl methyl sites for hydroxylation is 1. The van der Waals surface area contributed by atoms with E-state index in [4.69, 9.17) is 0 Å². The smallest absolute Gasteiger partial charge is 0.251 e. The fourth-order valence-electron chi connectivity index (χ4n) is 1.92. The van der Waals surface area contributed by atoms with Crippen molar-refractivity contribution in [2.24, 2.45) is 0 Å². The molecule has 0 unspecified atom stereocenters. The lowest BCUT2D eigenvalue weighted by Crippen LogP contribution is -2.13. The van der Waals surface area contributed by atoms with Gasteiger partial charge in [-0.1, -0.05) is 6.92 Å². The van der Waals surface area contributed by atoms with Crippen LogP contribution in [0.1, 0.15) is 18.1 Å². The van der Waals surface area contributed by atoms with E-state index in [2.05, 4.69) is 4.98 Å². The maximum absolute atomic E-state index is 11.7. The first-order chi connectivity index (χ1) is 7.13. The number of nitrogens with one attached hydrogen (secondary N) is 1. The molecular weight excluding hydrogens is 190 g/mol. The number of hydrogen-bond acceptors (Lipinski definition) is 2. The minimum absolute atomic E-state index is 0.0619. The van der Waals surface area contributed by atoms with Crippen LogP contribution in [-0.2, 0) is 6.42 Å². The van der Waals surface area contributed by atoms with E-state index in [-0.39, 0.29) is 11.3 Å². The van der Waals surface area contributed by atoms with E-state index in [1.165, 1.54) is 0 Å². The summed E-state index contributed by atoms with van der Waals surface area (Å²) in [5, 5.41) is 10.3. The number of pyridine rings is 1. The molecule has 0 bridgehead atoms. The first-order valence-electron chi connectivity index (χ1n) is 4.98. The summed E-state index contributed by atoms with van der Waals surface area (Å²) in [6.07, 6.45) is 0.720. The zero-order valence-electron chi connectivity index (χ0n) is 8.79. The Kier molecular flexibility index (Phi) is 2.23. The van der Waals surface area contributed by atoms with Gasteiger partial charge in [0.05, 0.1) is 5.52 Å². The second-order valence-corrected chi connectivity index (χ2v) is 3.64. The molecule has 0 saturated carbocycles. The summed E-state index contributed by atoms with van der Waals surface area (Å²) < 4.78 is 0. The highest BCUT2D eigenvalue weighted by Crippen LogP contribution is 2.21. The molecule has 2 N–H and O–H groups in total. The van der Waals surface area contributed by atoms with Gasteiger partial charge in [-0.05, 0) is 31.0 Å². The Morgan fingerprint density at radius 2 is 2.13 bits per heavy atom. The Balaban J connectivity index is 2.91. The number of aromatic amines is 1. The van der Waals surface area contributed by atoms with Gasteiger partial charge in [0.2, 0.25) is 0 Å². The van der Waals surface area contributed by atoms with Gasteiger partial charge in [0.15, 0.2) is 0 Å². The molecule has 0 saturated heterocycles. The molecule has 78 valence electrons. The fraction of sp³-hybridized carbons (Fsp3) is 0.250. The zero-order valence-corrected chi connectivity index (χ0v) is 8.79. The number of benzene rings is 1. The highest BCUT2D eigenvalue weighted by molar-refractivity contribution is 5.83. The van der Waals surface area contributed by atoms with Gasteiger partial charge in [0.1, 0.15) is 5.75 Å². The number of phenolic OH excluding ortho intramolecular Hbond substituents is 1. The minimum Gasteiger partial charge on any atom is -0.508 e. The van der Waals surface area contributed by atoms with Gasteiger partial charge in [0.25, 0.3) is 5.56 Å². The Bertz CT molecular complexity index is 570. The average molecular weight is 203 g/mol. The molecule has 0 atom stereocenters. The molecule has 1 aromatic carbocycles. The molecule has 3 nitrogen and oxygen atoms in total. The summed E-state index contributed by atoms with van der Waals surface area (Å²) in [5.74, 6) is 0.168. The Hall–Kier alpha value is -1.77. The van der Waals surface area contributed by atoms with Crippen molar-refractivity contribution < 1.29 is 5.11 Å². The molecule has 0 radical (unpaired) electrons. The van der Waals surface area contributed by atoms with Crippen LogP contribution in [0.3, 0.4) is 0 Å². The number of aromatic nitrogens is 1. The number of aromatic hydroxyl groups is 1. The van der Waals surface area contributed by atoms with Gasteiger partial charge < -0.3 is 10.1 Å². The summed E-state index contributed by atoms with van der Waals surface area (Å²) in [4.78, 5) is 14.4. The number of phenols is 1. The van der Waals surface area contributed by atoms with Crippen molar-refractivity contribution in [3.8, 4) is 5.75 Å². The molecule has 0 aliphatic heterocycles. The van der Waals surface area contributed by atoms with Crippen LogP contribution in [0, 0.1) is 6.92 Å². The van der Waals surface area contributed by atoms with Crippen LogP contribution in [0.25, 0.3) is 10.9 Å². The second-order valence-electron chi connectivity index (χ2n) is 3.64. The van der Waals surface area contributed by atoms with E-state index in [9.17, 15) is 9.90 Å². The molecule has 2 aromatic rings. The fourth-order valence-corrected chi connectivity index (χ4v) is 1.92. The zero-order chi connectivity index (χ0) is 11.0. The standard InChI is InChI=1S/C12H13NO2/c1-3-9-7(2)10-5-4-8(14)6-11(10)13-12(9)15/h4-6,14H,3H2,1-2H3,(H,13,15). The van der Waals surface area contributed by atoms with Crippen LogP contribution in [0.4, 0.5) is 0 Å². The van der Waals surface area contributed by atoms with Crippen LogP contribution in [0.15, 0.2) is 23.0 Å². The van der Waals surface area contributed by atoms with Crippen molar-refractivity contribution in [1.29, 1.82) is 0 Å². The summed E-state index contributed by atoms with van der Waals surface area (Å²) in [5.41, 5.74) is 2.44. The van der Waals surface area contributed by atoms with Gasteiger partial charge in [0, 0.05) is 17.0 Å². The van der Waals surface area contributed by atoms with Crippen molar-refractivity contribution in [2.75, 3.05) is 0 Å². The lowest BCUT2D eigenvalue weighted by molar-refractivity contribution is 0.476.